The van der Waals surface area contributed by atoms with Crippen LogP contribution in [0.25, 0.3) is 6.08 Å². The highest BCUT2D eigenvalue weighted by Gasteiger charge is 2.34. The van der Waals surface area contributed by atoms with Crippen LogP contribution >= 0.6 is 23.2 Å². The number of nitrogens with zero attached hydrogens (tertiary/aromatic N) is 1. The molecule has 0 saturated heterocycles. The van der Waals surface area contributed by atoms with Crippen LogP contribution in [0.5, 0.6) is 11.5 Å². The fraction of sp³-hybridized carbons (Fsp3) is 0.192. The molecule has 3 aromatic carbocycles. The number of carbonyl (C=O) groups is 1. The van der Waals surface area contributed by atoms with Crippen molar-refractivity contribution in [1.29, 1.82) is 0 Å². The molecule has 0 atom stereocenters. The van der Waals surface area contributed by atoms with Crippen LogP contribution in [0.1, 0.15) is 32.6 Å². The molecule has 0 amide bonds. The fourth-order valence-corrected chi connectivity index (χ4v) is 4.50. The molecule has 2 heterocycles. The van der Waals surface area contributed by atoms with Crippen molar-refractivity contribution in [2.45, 2.75) is 19.9 Å². The predicted molar refractivity (Wildman–Crippen MR) is 127 cm³/mol. The first-order valence-corrected chi connectivity index (χ1v) is 11.3. The minimum atomic E-state index is -0.516. The maximum absolute atomic E-state index is 14.2. The molecule has 4 nitrogen and oxygen atoms in total. The van der Waals surface area contributed by atoms with Crippen LogP contribution in [0.15, 0.2) is 54.3 Å². The third-order valence-corrected chi connectivity index (χ3v) is 6.49. The number of allylic oxidation sites excluding steroid dienone is 1. The van der Waals surface area contributed by atoms with Crippen LogP contribution in [0.4, 0.5) is 4.39 Å². The van der Waals surface area contributed by atoms with Crippen molar-refractivity contribution in [1.82, 2.24) is 4.90 Å². The van der Waals surface area contributed by atoms with Gasteiger partial charge < -0.3 is 9.47 Å². The molecule has 0 aromatic heterocycles. The molecule has 2 aliphatic rings. The lowest BCUT2D eigenvalue weighted by Crippen LogP contribution is -2.34. The van der Waals surface area contributed by atoms with Crippen LogP contribution in [0.3, 0.4) is 0 Å². The standard InChI is InChI=1S/C26H20Cl2FNO3/c1-15-25-17(13-30(14-32-25)10-9-16-5-7-18(27)8-6-16)11-20-24(31)23(33-26(15)20)12-19-21(28)3-2-4-22(19)29/h2-8,11-12H,9-10,13-14H2,1H3/b23-12-. The predicted octanol–water partition coefficient (Wildman–Crippen LogP) is 6.45. The Bertz CT molecular complexity index is 1270. The third kappa shape index (κ3) is 4.24. The SMILES string of the molecule is Cc1c2c(cc3c1O/C(=C\c1c(F)cccc1Cl)C3=O)CN(CCc1ccc(Cl)cc1)CO2. The second-order valence-electron chi connectivity index (χ2n) is 8.14. The second kappa shape index (κ2) is 8.82. The zero-order chi connectivity index (χ0) is 23.1. The van der Waals surface area contributed by atoms with E-state index in [1.807, 2.05) is 37.3 Å². The Kier molecular flexibility index (Phi) is 5.87. The molecule has 33 heavy (non-hydrogen) atoms. The van der Waals surface area contributed by atoms with Gasteiger partial charge in [0.05, 0.1) is 10.6 Å². The minimum absolute atomic E-state index is 0.0436. The largest absolute Gasteiger partial charge is 0.477 e. The van der Waals surface area contributed by atoms with E-state index in [4.69, 9.17) is 32.7 Å². The zero-order valence-corrected chi connectivity index (χ0v) is 19.3. The van der Waals surface area contributed by atoms with Gasteiger partial charge in [0.15, 0.2) is 5.76 Å². The van der Waals surface area contributed by atoms with Gasteiger partial charge in [-0.15, -0.1) is 0 Å². The van der Waals surface area contributed by atoms with Gasteiger partial charge >= 0.3 is 0 Å². The summed E-state index contributed by atoms with van der Waals surface area (Å²) in [6, 6.07) is 14.0. The highest BCUT2D eigenvalue weighted by Crippen LogP contribution is 2.43. The summed E-state index contributed by atoms with van der Waals surface area (Å²) in [4.78, 5) is 15.2. The van der Waals surface area contributed by atoms with Gasteiger partial charge in [-0.05, 0) is 55.3 Å². The van der Waals surface area contributed by atoms with Gasteiger partial charge in [0.1, 0.15) is 24.0 Å². The topological polar surface area (TPSA) is 38.8 Å². The van der Waals surface area contributed by atoms with Gasteiger partial charge in [0, 0.05) is 34.8 Å². The van der Waals surface area contributed by atoms with E-state index >= 15 is 0 Å². The van der Waals surface area contributed by atoms with Crippen molar-refractivity contribution in [3.63, 3.8) is 0 Å². The smallest absolute Gasteiger partial charge is 0.231 e. The van der Waals surface area contributed by atoms with Crippen molar-refractivity contribution in [3.8, 4) is 11.5 Å². The van der Waals surface area contributed by atoms with Crippen LogP contribution < -0.4 is 9.47 Å². The third-order valence-electron chi connectivity index (χ3n) is 5.91. The van der Waals surface area contributed by atoms with E-state index < -0.39 is 5.82 Å². The first-order chi connectivity index (χ1) is 15.9. The first-order valence-electron chi connectivity index (χ1n) is 10.5. The van der Waals surface area contributed by atoms with Crippen molar-refractivity contribution < 1.29 is 18.7 Å². The molecule has 0 saturated carbocycles. The van der Waals surface area contributed by atoms with Gasteiger partial charge in [-0.2, -0.15) is 0 Å². The molecule has 0 aliphatic carbocycles. The number of ketones is 1. The summed E-state index contributed by atoms with van der Waals surface area (Å²) < 4.78 is 26.1. The molecule has 5 rings (SSSR count). The maximum atomic E-state index is 14.2. The van der Waals surface area contributed by atoms with Gasteiger partial charge in [0.25, 0.3) is 0 Å². The Morgan fingerprint density at radius 2 is 1.91 bits per heavy atom. The van der Waals surface area contributed by atoms with E-state index in [9.17, 15) is 9.18 Å². The lowest BCUT2D eigenvalue weighted by Gasteiger charge is -2.30. The summed E-state index contributed by atoms with van der Waals surface area (Å²) in [6.45, 7) is 3.77. The summed E-state index contributed by atoms with van der Waals surface area (Å²) in [5, 5.41) is 0.932. The number of halogens is 3. The normalized spacial score (nSPS) is 16.4. The molecular formula is C26H20Cl2FNO3. The number of Topliss-reactive ketones (excluding diaryl/α,β-unsaturated/α-hetero) is 1. The molecule has 0 spiro atoms. The molecular weight excluding hydrogens is 464 g/mol. The average Bonchev–Trinajstić information content (AvgIpc) is 3.11. The van der Waals surface area contributed by atoms with Gasteiger partial charge in [-0.25, -0.2) is 4.39 Å². The summed E-state index contributed by atoms with van der Waals surface area (Å²) in [5.74, 6) is 0.412. The lowest BCUT2D eigenvalue weighted by atomic mass is 9.99. The van der Waals surface area contributed by atoms with Crippen LogP contribution in [-0.4, -0.2) is 24.0 Å². The molecule has 0 radical (unpaired) electrons. The van der Waals surface area contributed by atoms with Crippen molar-refractivity contribution in [2.24, 2.45) is 0 Å². The average molecular weight is 484 g/mol. The number of ether oxygens (including phenoxy) is 2. The fourth-order valence-electron chi connectivity index (χ4n) is 4.16. The van der Waals surface area contributed by atoms with Crippen molar-refractivity contribution in [2.75, 3.05) is 13.3 Å². The Balaban J connectivity index is 1.38. The highest BCUT2D eigenvalue weighted by molar-refractivity contribution is 6.32. The number of benzene rings is 3. The Morgan fingerprint density at radius 3 is 2.67 bits per heavy atom. The molecule has 0 unspecified atom stereocenters. The van der Waals surface area contributed by atoms with E-state index in [0.29, 0.717) is 24.6 Å². The van der Waals surface area contributed by atoms with E-state index in [1.54, 1.807) is 6.07 Å². The molecule has 0 fully saturated rings. The summed E-state index contributed by atoms with van der Waals surface area (Å²) >= 11 is 12.1. The van der Waals surface area contributed by atoms with Crippen molar-refractivity contribution >= 4 is 35.1 Å². The molecule has 7 heteroatoms. The van der Waals surface area contributed by atoms with Crippen molar-refractivity contribution in [3.05, 3.63) is 98.0 Å². The quantitative estimate of drug-likeness (QED) is 0.399. The summed E-state index contributed by atoms with van der Waals surface area (Å²) in [7, 11) is 0. The Labute approximate surface area is 201 Å². The van der Waals surface area contributed by atoms with Crippen LogP contribution in [0, 0.1) is 12.7 Å². The lowest BCUT2D eigenvalue weighted by molar-refractivity contribution is 0.0954. The zero-order valence-electron chi connectivity index (χ0n) is 17.8. The van der Waals surface area contributed by atoms with Gasteiger partial charge in [-0.1, -0.05) is 41.4 Å². The number of rotatable bonds is 4. The van der Waals surface area contributed by atoms with E-state index in [-0.39, 0.29) is 22.1 Å². The molecule has 0 bridgehead atoms. The van der Waals surface area contributed by atoms with Crippen LogP contribution in [0.2, 0.25) is 10.0 Å². The number of carbonyl (C=O) groups excluding carboxylic acids is 1. The van der Waals surface area contributed by atoms with Crippen LogP contribution in [-0.2, 0) is 13.0 Å². The summed E-state index contributed by atoms with van der Waals surface area (Å²) in [5.41, 5.74) is 3.46. The second-order valence-corrected chi connectivity index (χ2v) is 8.99. The number of hydrogen-bond acceptors (Lipinski definition) is 4. The molecule has 168 valence electrons. The number of fused-ring (bicyclic) bond motifs is 2. The molecule has 3 aromatic rings. The van der Waals surface area contributed by atoms with Gasteiger partial charge in [-0.3, -0.25) is 9.69 Å². The molecule has 0 N–H and O–H groups in total. The monoisotopic (exact) mass is 483 g/mol. The minimum Gasteiger partial charge on any atom is -0.477 e. The van der Waals surface area contributed by atoms with Gasteiger partial charge in [0.2, 0.25) is 5.78 Å². The Hall–Kier alpha value is -2.86. The Morgan fingerprint density at radius 1 is 1.12 bits per heavy atom. The molecule has 2 aliphatic heterocycles. The van der Waals surface area contributed by atoms with E-state index in [1.165, 1.54) is 23.8 Å². The highest BCUT2D eigenvalue weighted by atomic mass is 35.5. The van der Waals surface area contributed by atoms with E-state index in [2.05, 4.69) is 4.90 Å². The number of hydrogen-bond donors (Lipinski definition) is 0. The summed E-state index contributed by atoms with van der Waals surface area (Å²) in [6.07, 6.45) is 2.22. The first kappa shape index (κ1) is 22.0. The van der Waals surface area contributed by atoms with E-state index in [0.717, 1.165) is 34.9 Å². The maximum Gasteiger partial charge on any atom is 0.231 e.